The number of hydrogen-bond acceptors (Lipinski definition) is 0. The molecule has 0 spiro atoms. The number of hydrogen-bond donors (Lipinski definition) is 0. The van der Waals surface area contributed by atoms with Crippen LogP contribution in [-0.4, -0.2) is 0 Å². The molecule has 0 atom stereocenters. The van der Waals surface area contributed by atoms with Crippen molar-refractivity contribution in [3.05, 3.63) is 114 Å². The zero-order valence-electron chi connectivity index (χ0n) is 17.1. The Bertz CT molecular complexity index is 1040. The Morgan fingerprint density at radius 3 is 1.93 bits per heavy atom. The van der Waals surface area contributed by atoms with Crippen LogP contribution in [0.5, 0.6) is 0 Å². The Kier molecular flexibility index (Phi) is 10.9. The summed E-state index contributed by atoms with van der Waals surface area (Å²) in [6.45, 7) is 6.01. The average molecular weight is 512 g/mol. The molecule has 0 saturated heterocycles. The second-order valence-electron chi connectivity index (χ2n) is 7.07. The van der Waals surface area contributed by atoms with E-state index in [0.29, 0.717) is 5.92 Å². The van der Waals surface area contributed by atoms with Crippen molar-refractivity contribution in [2.24, 2.45) is 0 Å². The van der Waals surface area contributed by atoms with E-state index in [1.54, 1.807) is 0 Å². The first-order valence-electron chi connectivity index (χ1n) is 9.76. The van der Waals surface area contributed by atoms with Crippen LogP contribution in [0.15, 0.2) is 97.6 Å². The molecule has 0 bridgehead atoms. The Morgan fingerprint density at radius 1 is 0.833 bits per heavy atom. The zero-order chi connectivity index (χ0) is 18.6. The number of halogens is 2. The number of benzene rings is 3. The summed E-state index contributed by atoms with van der Waals surface area (Å²) in [6, 6.07) is 30.4. The molecule has 0 aliphatic heterocycles. The van der Waals surface area contributed by atoms with Crippen molar-refractivity contribution in [3.8, 4) is 11.1 Å². The van der Waals surface area contributed by atoms with Crippen LogP contribution in [-0.2, 0) is 32.6 Å². The topological polar surface area (TPSA) is 0 Å². The van der Waals surface area contributed by atoms with Gasteiger partial charge in [0.15, 0.2) is 0 Å². The number of fused-ring (bicyclic) bond motifs is 4. The van der Waals surface area contributed by atoms with E-state index in [4.69, 9.17) is 0 Å². The third kappa shape index (κ3) is 5.20. The fourth-order valence-corrected chi connectivity index (χ4v) is 4.25. The van der Waals surface area contributed by atoms with E-state index >= 15 is 0 Å². The molecular weight excluding hydrogens is 486 g/mol. The van der Waals surface area contributed by atoms with Gasteiger partial charge in [0.25, 0.3) is 0 Å². The first-order chi connectivity index (χ1) is 13.3. The van der Waals surface area contributed by atoms with Crippen LogP contribution < -0.4 is 24.8 Å². The molecular formula is C27H25Cl2Zr. The van der Waals surface area contributed by atoms with E-state index in [0.717, 1.165) is 6.42 Å². The predicted molar refractivity (Wildman–Crippen MR) is 117 cm³/mol. The van der Waals surface area contributed by atoms with Gasteiger partial charge in [-0.3, -0.25) is 0 Å². The van der Waals surface area contributed by atoms with Gasteiger partial charge in [-0.2, -0.15) is 0 Å². The van der Waals surface area contributed by atoms with Crippen molar-refractivity contribution in [2.75, 3.05) is 0 Å². The Hall–Kier alpha value is -1.53. The summed E-state index contributed by atoms with van der Waals surface area (Å²) < 4.78 is 0. The maximum atomic E-state index is 3.74. The van der Waals surface area contributed by atoms with Gasteiger partial charge in [-0.25, -0.2) is 0 Å². The van der Waals surface area contributed by atoms with E-state index in [1.807, 2.05) is 6.08 Å². The molecule has 1 aliphatic rings. The molecule has 1 radical (unpaired) electrons. The van der Waals surface area contributed by atoms with Crippen LogP contribution in [0, 0.1) is 0 Å². The summed E-state index contributed by atoms with van der Waals surface area (Å²) in [5, 5.41) is 2.69. The van der Waals surface area contributed by atoms with Gasteiger partial charge in [0, 0.05) is 5.92 Å². The molecule has 0 aromatic heterocycles. The standard InChI is InChI=1S/C15H14.C12H11.2ClH.Zr/c1-2-11-12-7-3-5-9-14(12)15-10-6-4-8-13(11)15;1-2-5-10-8-9-11-6-3-4-7-12(10)11;;;/h3-11H,2H2,1H3;2-4,6-9H,1,5H2;2*1H;/q;-1;;;+3/p-2. The molecule has 1 aliphatic carbocycles. The molecule has 0 amide bonds. The van der Waals surface area contributed by atoms with Gasteiger partial charge in [-0.15, -0.1) is 53.2 Å². The monoisotopic (exact) mass is 509 g/mol. The van der Waals surface area contributed by atoms with Crippen molar-refractivity contribution < 1.29 is 51.0 Å². The smallest absolute Gasteiger partial charge is 1.00 e. The van der Waals surface area contributed by atoms with E-state index in [9.17, 15) is 0 Å². The SMILES string of the molecule is C=CCc1c[cH-]c2ccccc12.CCC1c2ccccc2-c2ccccc21.[Cl-].[Cl-].[Zr+3]. The molecule has 0 unspecified atom stereocenters. The van der Waals surface area contributed by atoms with Crippen LogP contribution in [0.4, 0.5) is 0 Å². The van der Waals surface area contributed by atoms with Crippen molar-refractivity contribution in [1.82, 2.24) is 0 Å². The minimum absolute atomic E-state index is 0. The molecule has 0 saturated carbocycles. The summed E-state index contributed by atoms with van der Waals surface area (Å²) in [5.41, 5.74) is 7.24. The van der Waals surface area contributed by atoms with Crippen molar-refractivity contribution in [1.29, 1.82) is 0 Å². The summed E-state index contributed by atoms with van der Waals surface area (Å²) in [6.07, 6.45) is 4.10. The van der Waals surface area contributed by atoms with Crippen LogP contribution in [0.2, 0.25) is 0 Å². The van der Waals surface area contributed by atoms with Crippen molar-refractivity contribution in [2.45, 2.75) is 25.7 Å². The Labute approximate surface area is 211 Å². The summed E-state index contributed by atoms with van der Waals surface area (Å²) >= 11 is 0. The fourth-order valence-electron chi connectivity index (χ4n) is 4.25. The molecule has 0 nitrogen and oxygen atoms in total. The van der Waals surface area contributed by atoms with E-state index < -0.39 is 0 Å². The molecule has 5 rings (SSSR count). The number of allylic oxidation sites excluding steroid dienone is 1. The largest absolute Gasteiger partial charge is 3.00 e. The second-order valence-corrected chi connectivity index (χ2v) is 7.07. The summed E-state index contributed by atoms with van der Waals surface area (Å²) in [4.78, 5) is 0. The van der Waals surface area contributed by atoms with Gasteiger partial charge in [-0.05, 0) is 28.7 Å². The van der Waals surface area contributed by atoms with E-state index in [1.165, 1.54) is 45.0 Å². The third-order valence-electron chi connectivity index (χ3n) is 5.51. The van der Waals surface area contributed by atoms with Gasteiger partial charge >= 0.3 is 26.2 Å². The third-order valence-corrected chi connectivity index (χ3v) is 5.51. The first-order valence-corrected chi connectivity index (χ1v) is 9.76. The van der Waals surface area contributed by atoms with E-state index in [2.05, 4.69) is 98.4 Å². The quantitative estimate of drug-likeness (QED) is 0.289. The number of rotatable bonds is 3. The average Bonchev–Trinajstić information content (AvgIpc) is 3.28. The van der Waals surface area contributed by atoms with Crippen LogP contribution in [0.1, 0.15) is 36.0 Å². The second kappa shape index (κ2) is 12.4. The minimum atomic E-state index is 0. The van der Waals surface area contributed by atoms with E-state index in [-0.39, 0.29) is 51.0 Å². The summed E-state index contributed by atoms with van der Waals surface area (Å²) in [5.74, 6) is 0.609. The first kappa shape index (κ1) is 26.5. The molecule has 3 heteroatoms. The summed E-state index contributed by atoms with van der Waals surface area (Å²) in [7, 11) is 0. The van der Waals surface area contributed by atoms with Gasteiger partial charge in [0.2, 0.25) is 0 Å². The molecule has 151 valence electrons. The van der Waals surface area contributed by atoms with Gasteiger partial charge in [0.05, 0.1) is 0 Å². The maximum Gasteiger partial charge on any atom is 3.00 e. The molecule has 0 N–H and O–H groups in total. The van der Waals surface area contributed by atoms with Crippen LogP contribution in [0.3, 0.4) is 0 Å². The van der Waals surface area contributed by atoms with Crippen LogP contribution >= 0.6 is 0 Å². The molecule has 4 aromatic rings. The van der Waals surface area contributed by atoms with Gasteiger partial charge in [-0.1, -0.05) is 74.0 Å². The normalized spacial score (nSPS) is 11.0. The maximum absolute atomic E-state index is 3.74. The van der Waals surface area contributed by atoms with Crippen molar-refractivity contribution >= 4 is 10.8 Å². The minimum Gasteiger partial charge on any atom is -1.00 e. The molecule has 4 aromatic carbocycles. The predicted octanol–water partition coefficient (Wildman–Crippen LogP) is 1.50. The molecule has 30 heavy (non-hydrogen) atoms. The zero-order valence-corrected chi connectivity index (χ0v) is 21.1. The fraction of sp³-hybridized carbons (Fsp3) is 0.148. The van der Waals surface area contributed by atoms with Gasteiger partial charge in [0.1, 0.15) is 0 Å². The van der Waals surface area contributed by atoms with Crippen LogP contribution in [0.25, 0.3) is 21.9 Å². The van der Waals surface area contributed by atoms with Crippen molar-refractivity contribution in [3.63, 3.8) is 0 Å². The Balaban J connectivity index is 0.000000278. The molecule has 0 fully saturated rings. The molecule has 0 heterocycles. The Morgan fingerprint density at radius 2 is 1.37 bits per heavy atom. The van der Waals surface area contributed by atoms with Gasteiger partial charge < -0.3 is 24.8 Å².